The minimum absolute atomic E-state index is 0.120. The SMILES string of the molecule is CN(Cc1ccc(F)cc1)C(=O)c1ccc(NS(=O)(=O)c2ccccc2)cc1Cl. The fraction of sp³-hybridized carbons (Fsp3) is 0.0952. The summed E-state index contributed by atoms with van der Waals surface area (Å²) in [5.74, 6) is -0.684. The molecule has 0 saturated carbocycles. The molecule has 0 bridgehead atoms. The molecule has 0 unspecified atom stereocenters. The predicted octanol–water partition coefficient (Wildman–Crippen LogP) is 4.55. The molecule has 8 heteroatoms. The van der Waals surface area contributed by atoms with E-state index in [1.807, 2.05) is 0 Å². The number of sulfonamides is 1. The van der Waals surface area contributed by atoms with Gasteiger partial charge in [0.05, 0.1) is 21.2 Å². The highest BCUT2D eigenvalue weighted by Crippen LogP contribution is 2.24. The van der Waals surface area contributed by atoms with Crippen LogP contribution in [-0.4, -0.2) is 26.3 Å². The lowest BCUT2D eigenvalue weighted by Crippen LogP contribution is -2.26. The number of amides is 1. The number of hydrogen-bond acceptors (Lipinski definition) is 3. The number of hydrogen-bond donors (Lipinski definition) is 1. The van der Waals surface area contributed by atoms with Crippen LogP contribution in [0.15, 0.2) is 77.7 Å². The van der Waals surface area contributed by atoms with Gasteiger partial charge in [-0.1, -0.05) is 41.9 Å². The molecule has 1 N–H and O–H groups in total. The first kappa shape index (κ1) is 20.8. The summed E-state index contributed by atoms with van der Waals surface area (Å²) in [7, 11) is -2.15. The summed E-state index contributed by atoms with van der Waals surface area (Å²) in [6.45, 7) is 0.276. The molecular weight excluding hydrogens is 415 g/mol. The van der Waals surface area contributed by atoms with E-state index >= 15 is 0 Å². The lowest BCUT2D eigenvalue weighted by atomic mass is 10.1. The molecule has 0 aliphatic rings. The molecule has 3 rings (SSSR count). The normalized spacial score (nSPS) is 11.1. The van der Waals surface area contributed by atoms with Gasteiger partial charge in [-0.25, -0.2) is 12.8 Å². The van der Waals surface area contributed by atoms with Gasteiger partial charge in [-0.05, 0) is 48.0 Å². The van der Waals surface area contributed by atoms with Crippen molar-refractivity contribution in [3.63, 3.8) is 0 Å². The van der Waals surface area contributed by atoms with Crippen LogP contribution < -0.4 is 4.72 Å². The van der Waals surface area contributed by atoms with Crippen molar-refractivity contribution >= 4 is 33.2 Å². The number of halogens is 2. The summed E-state index contributed by atoms with van der Waals surface area (Å²) in [4.78, 5) is 14.3. The molecule has 3 aromatic rings. The Balaban J connectivity index is 1.75. The predicted molar refractivity (Wildman–Crippen MR) is 111 cm³/mol. The average molecular weight is 433 g/mol. The van der Waals surface area contributed by atoms with E-state index in [2.05, 4.69) is 4.72 Å². The first-order valence-electron chi connectivity index (χ1n) is 8.63. The van der Waals surface area contributed by atoms with E-state index in [4.69, 9.17) is 11.6 Å². The van der Waals surface area contributed by atoms with Gasteiger partial charge in [0.2, 0.25) is 0 Å². The van der Waals surface area contributed by atoms with Gasteiger partial charge in [-0.2, -0.15) is 0 Å². The number of nitrogens with one attached hydrogen (secondary N) is 1. The van der Waals surface area contributed by atoms with E-state index < -0.39 is 10.0 Å². The van der Waals surface area contributed by atoms with Crippen molar-refractivity contribution in [3.8, 4) is 0 Å². The number of benzene rings is 3. The topological polar surface area (TPSA) is 66.5 Å². The molecule has 0 aliphatic heterocycles. The molecule has 0 saturated heterocycles. The van der Waals surface area contributed by atoms with Crippen molar-refractivity contribution in [3.05, 3.63) is 94.8 Å². The van der Waals surface area contributed by atoms with Crippen molar-refractivity contribution in [2.75, 3.05) is 11.8 Å². The van der Waals surface area contributed by atoms with Crippen LogP contribution in [0.4, 0.5) is 10.1 Å². The van der Waals surface area contributed by atoms with Crippen molar-refractivity contribution in [1.82, 2.24) is 4.90 Å². The molecule has 0 radical (unpaired) electrons. The maximum atomic E-state index is 13.0. The van der Waals surface area contributed by atoms with E-state index in [0.717, 1.165) is 5.56 Å². The summed E-state index contributed by atoms with van der Waals surface area (Å²) in [6.07, 6.45) is 0. The Morgan fingerprint density at radius 2 is 1.69 bits per heavy atom. The largest absolute Gasteiger partial charge is 0.337 e. The zero-order valence-electron chi connectivity index (χ0n) is 15.5. The number of rotatable bonds is 6. The Bertz CT molecular complexity index is 1120. The van der Waals surface area contributed by atoms with Gasteiger partial charge in [0.1, 0.15) is 5.82 Å². The maximum absolute atomic E-state index is 13.0. The van der Waals surface area contributed by atoms with Gasteiger partial charge >= 0.3 is 0 Å². The Morgan fingerprint density at radius 3 is 2.31 bits per heavy atom. The van der Waals surface area contributed by atoms with Crippen LogP contribution in [0.2, 0.25) is 5.02 Å². The van der Waals surface area contributed by atoms with Gasteiger partial charge < -0.3 is 4.90 Å². The smallest absolute Gasteiger partial charge is 0.261 e. The molecule has 0 atom stereocenters. The first-order chi connectivity index (χ1) is 13.8. The van der Waals surface area contributed by atoms with E-state index in [1.54, 1.807) is 37.4 Å². The van der Waals surface area contributed by atoms with E-state index in [9.17, 15) is 17.6 Å². The molecule has 0 fully saturated rings. The molecule has 1 amide bonds. The molecule has 150 valence electrons. The quantitative estimate of drug-likeness (QED) is 0.621. The van der Waals surface area contributed by atoms with Crippen molar-refractivity contribution in [2.24, 2.45) is 0 Å². The Labute approximate surface area is 173 Å². The Morgan fingerprint density at radius 1 is 1.03 bits per heavy atom. The third-order valence-corrected chi connectivity index (χ3v) is 5.89. The number of carbonyl (C=O) groups excluding carboxylic acids is 1. The zero-order chi connectivity index (χ0) is 21.0. The van der Waals surface area contributed by atoms with Gasteiger partial charge in [0.15, 0.2) is 0 Å². The monoisotopic (exact) mass is 432 g/mol. The van der Waals surface area contributed by atoms with Crippen LogP contribution >= 0.6 is 11.6 Å². The summed E-state index contributed by atoms with van der Waals surface area (Å²) in [5, 5.41) is 0.120. The fourth-order valence-electron chi connectivity index (χ4n) is 2.71. The van der Waals surface area contributed by atoms with Crippen LogP contribution in [0.3, 0.4) is 0 Å². The number of nitrogens with zero attached hydrogens (tertiary/aromatic N) is 1. The molecule has 0 spiro atoms. The second-order valence-corrected chi connectivity index (χ2v) is 8.49. The Hall–Kier alpha value is -2.90. The third kappa shape index (κ3) is 5.13. The van der Waals surface area contributed by atoms with E-state index in [1.165, 1.54) is 47.4 Å². The second-order valence-electron chi connectivity index (χ2n) is 6.40. The molecule has 0 aromatic heterocycles. The third-order valence-electron chi connectivity index (χ3n) is 4.18. The lowest BCUT2D eigenvalue weighted by molar-refractivity contribution is 0.0785. The molecule has 3 aromatic carbocycles. The van der Waals surface area contributed by atoms with E-state index in [0.29, 0.717) is 0 Å². The molecule has 29 heavy (non-hydrogen) atoms. The summed E-state index contributed by atoms with van der Waals surface area (Å²) < 4.78 is 40.3. The number of carbonyl (C=O) groups is 1. The van der Waals surface area contributed by atoms with Gasteiger partial charge in [-0.3, -0.25) is 9.52 Å². The first-order valence-corrected chi connectivity index (χ1v) is 10.5. The van der Waals surface area contributed by atoms with Crippen LogP contribution in [0.5, 0.6) is 0 Å². The maximum Gasteiger partial charge on any atom is 0.261 e. The van der Waals surface area contributed by atoms with Gasteiger partial charge in [0.25, 0.3) is 15.9 Å². The van der Waals surface area contributed by atoms with Crippen LogP contribution in [-0.2, 0) is 16.6 Å². The zero-order valence-corrected chi connectivity index (χ0v) is 17.0. The fourth-order valence-corrected chi connectivity index (χ4v) is 4.04. The molecule has 0 heterocycles. The summed E-state index contributed by atoms with van der Waals surface area (Å²) >= 11 is 6.24. The highest BCUT2D eigenvalue weighted by atomic mass is 35.5. The number of anilines is 1. The second kappa shape index (κ2) is 8.63. The standard InChI is InChI=1S/C21H18ClFN2O3S/c1-25(14-15-7-9-16(23)10-8-15)21(26)19-12-11-17(13-20(19)22)24-29(27,28)18-5-3-2-4-6-18/h2-13,24H,14H2,1H3. The van der Waals surface area contributed by atoms with Crippen molar-refractivity contribution in [2.45, 2.75) is 11.4 Å². The average Bonchev–Trinajstić information content (AvgIpc) is 2.70. The van der Waals surface area contributed by atoms with E-state index in [-0.39, 0.29) is 39.4 Å². The van der Waals surface area contributed by atoms with Crippen molar-refractivity contribution in [1.29, 1.82) is 0 Å². The summed E-state index contributed by atoms with van der Waals surface area (Å²) in [5.41, 5.74) is 1.25. The Kier molecular flexibility index (Phi) is 6.20. The molecule has 0 aliphatic carbocycles. The van der Waals surface area contributed by atoms with Crippen LogP contribution in [0.1, 0.15) is 15.9 Å². The van der Waals surface area contributed by atoms with Gasteiger partial charge in [-0.15, -0.1) is 0 Å². The molecular formula is C21H18ClFN2O3S. The minimum Gasteiger partial charge on any atom is -0.337 e. The van der Waals surface area contributed by atoms with Crippen LogP contribution in [0, 0.1) is 5.82 Å². The highest BCUT2D eigenvalue weighted by Gasteiger charge is 2.18. The lowest BCUT2D eigenvalue weighted by Gasteiger charge is -2.18. The highest BCUT2D eigenvalue weighted by molar-refractivity contribution is 7.92. The van der Waals surface area contributed by atoms with Gasteiger partial charge in [0, 0.05) is 13.6 Å². The van der Waals surface area contributed by atoms with Crippen LogP contribution in [0.25, 0.3) is 0 Å². The van der Waals surface area contributed by atoms with Crippen molar-refractivity contribution < 1.29 is 17.6 Å². The molecule has 5 nitrogen and oxygen atoms in total. The minimum atomic E-state index is -3.76. The summed E-state index contributed by atoms with van der Waals surface area (Å²) in [6, 6.07) is 18.1.